The Morgan fingerprint density at radius 3 is 2.28 bits per heavy atom. The molecule has 0 unspecified atom stereocenters. The van der Waals surface area contributed by atoms with E-state index in [1.807, 2.05) is 20.8 Å². The first-order valence-corrected chi connectivity index (χ1v) is 7.32. The van der Waals surface area contributed by atoms with Crippen LogP contribution in [0.5, 0.6) is 0 Å². The molecule has 3 nitrogen and oxygen atoms in total. The van der Waals surface area contributed by atoms with Gasteiger partial charge in [-0.15, -0.1) is 0 Å². The van der Waals surface area contributed by atoms with Crippen molar-refractivity contribution in [1.29, 1.82) is 0 Å². The van der Waals surface area contributed by atoms with E-state index in [0.717, 1.165) is 25.6 Å². The van der Waals surface area contributed by atoms with E-state index in [-0.39, 0.29) is 5.41 Å². The molecule has 0 aromatic rings. The van der Waals surface area contributed by atoms with Crippen molar-refractivity contribution in [3.05, 3.63) is 0 Å². The lowest BCUT2D eigenvalue weighted by molar-refractivity contribution is -0.140. The molecule has 18 heavy (non-hydrogen) atoms. The zero-order valence-corrected chi connectivity index (χ0v) is 12.8. The first-order chi connectivity index (χ1) is 8.34. The van der Waals surface area contributed by atoms with Crippen LogP contribution in [-0.4, -0.2) is 48.9 Å². The maximum absolute atomic E-state index is 12.2. The van der Waals surface area contributed by atoms with Gasteiger partial charge in [0.15, 0.2) is 0 Å². The molecule has 0 radical (unpaired) electrons. The van der Waals surface area contributed by atoms with Gasteiger partial charge in [0, 0.05) is 18.5 Å². The molecule has 0 aromatic heterocycles. The van der Waals surface area contributed by atoms with Gasteiger partial charge in [0.25, 0.3) is 0 Å². The van der Waals surface area contributed by atoms with Gasteiger partial charge in [-0.1, -0.05) is 27.7 Å². The number of likely N-dealkylation sites (tertiary alicyclic amines) is 1. The predicted octanol–water partition coefficient (Wildman–Crippen LogP) is 2.61. The van der Waals surface area contributed by atoms with Gasteiger partial charge >= 0.3 is 0 Å². The van der Waals surface area contributed by atoms with Crippen LogP contribution in [0.3, 0.4) is 0 Å². The maximum Gasteiger partial charge on any atom is 0.227 e. The van der Waals surface area contributed by atoms with Crippen LogP contribution in [0.25, 0.3) is 0 Å². The van der Waals surface area contributed by atoms with Crippen molar-refractivity contribution in [2.75, 3.05) is 33.2 Å². The van der Waals surface area contributed by atoms with Crippen molar-refractivity contribution in [2.45, 2.75) is 47.0 Å². The van der Waals surface area contributed by atoms with E-state index in [9.17, 15) is 4.79 Å². The van der Waals surface area contributed by atoms with E-state index in [4.69, 9.17) is 0 Å². The second-order valence-electron chi connectivity index (χ2n) is 6.67. The van der Waals surface area contributed by atoms with Gasteiger partial charge in [-0.2, -0.15) is 0 Å². The number of rotatable bonds is 4. The molecule has 1 aliphatic heterocycles. The molecule has 0 saturated carbocycles. The molecule has 1 saturated heterocycles. The van der Waals surface area contributed by atoms with E-state index in [0.29, 0.717) is 5.91 Å². The van der Waals surface area contributed by atoms with Crippen LogP contribution in [0, 0.1) is 11.3 Å². The van der Waals surface area contributed by atoms with Gasteiger partial charge in [-0.3, -0.25) is 4.79 Å². The number of piperidine rings is 1. The van der Waals surface area contributed by atoms with Crippen molar-refractivity contribution < 1.29 is 4.79 Å². The van der Waals surface area contributed by atoms with Gasteiger partial charge in [0.05, 0.1) is 0 Å². The summed E-state index contributed by atoms with van der Waals surface area (Å²) < 4.78 is 0. The lowest BCUT2D eigenvalue weighted by Gasteiger charge is -2.36. The highest BCUT2D eigenvalue weighted by Gasteiger charge is 2.30. The summed E-state index contributed by atoms with van der Waals surface area (Å²) in [4.78, 5) is 16.6. The van der Waals surface area contributed by atoms with Crippen LogP contribution in [-0.2, 0) is 4.79 Å². The van der Waals surface area contributed by atoms with Crippen LogP contribution in [0.15, 0.2) is 0 Å². The third-order valence-electron chi connectivity index (χ3n) is 4.00. The zero-order valence-electron chi connectivity index (χ0n) is 12.8. The largest absolute Gasteiger partial charge is 0.342 e. The highest BCUT2D eigenvalue weighted by molar-refractivity contribution is 5.81. The van der Waals surface area contributed by atoms with Gasteiger partial charge < -0.3 is 9.80 Å². The number of carbonyl (C=O) groups is 1. The molecule has 0 N–H and O–H groups in total. The number of hydrogen-bond acceptors (Lipinski definition) is 2. The number of amides is 1. The minimum absolute atomic E-state index is 0.227. The molecule has 1 aliphatic rings. The van der Waals surface area contributed by atoms with Crippen molar-refractivity contribution >= 4 is 5.91 Å². The van der Waals surface area contributed by atoms with Gasteiger partial charge in [0.2, 0.25) is 5.91 Å². The predicted molar refractivity (Wildman–Crippen MR) is 76.5 cm³/mol. The van der Waals surface area contributed by atoms with E-state index in [1.54, 1.807) is 0 Å². The normalized spacial score (nSPS) is 18.4. The molecule has 1 heterocycles. The fourth-order valence-electron chi connectivity index (χ4n) is 2.46. The topological polar surface area (TPSA) is 23.6 Å². The first kappa shape index (κ1) is 15.5. The third-order valence-corrected chi connectivity index (χ3v) is 4.00. The fourth-order valence-corrected chi connectivity index (χ4v) is 2.46. The second-order valence-corrected chi connectivity index (χ2v) is 6.67. The van der Waals surface area contributed by atoms with Crippen LogP contribution in [0.2, 0.25) is 0 Å². The number of hydrogen-bond donors (Lipinski definition) is 0. The summed E-state index contributed by atoms with van der Waals surface area (Å²) in [6.07, 6.45) is 3.64. The molecule has 0 aromatic carbocycles. The summed E-state index contributed by atoms with van der Waals surface area (Å²) in [5.41, 5.74) is -0.227. The Bertz CT molecular complexity index is 262. The lowest BCUT2D eigenvalue weighted by atomic mass is 9.89. The molecule has 106 valence electrons. The first-order valence-electron chi connectivity index (χ1n) is 7.32. The standard InChI is InChI=1S/C15H30N2O/c1-6-16(5)10-7-13-8-11-17(12-9-13)14(18)15(2,3)4/h13H,6-12H2,1-5H3. The van der Waals surface area contributed by atoms with Gasteiger partial charge in [-0.05, 0) is 45.3 Å². The molecule has 1 amide bonds. The van der Waals surface area contributed by atoms with E-state index >= 15 is 0 Å². The molecular formula is C15H30N2O. The zero-order chi connectivity index (χ0) is 13.8. The Hall–Kier alpha value is -0.570. The summed E-state index contributed by atoms with van der Waals surface area (Å²) >= 11 is 0. The second kappa shape index (κ2) is 6.55. The summed E-state index contributed by atoms with van der Waals surface area (Å²) in [7, 11) is 2.18. The van der Waals surface area contributed by atoms with Crippen molar-refractivity contribution in [2.24, 2.45) is 11.3 Å². The van der Waals surface area contributed by atoms with Crippen LogP contribution < -0.4 is 0 Å². The Morgan fingerprint density at radius 1 is 1.28 bits per heavy atom. The molecule has 3 heteroatoms. The van der Waals surface area contributed by atoms with Crippen molar-refractivity contribution in [1.82, 2.24) is 9.80 Å². The molecule has 0 atom stereocenters. The minimum Gasteiger partial charge on any atom is -0.342 e. The summed E-state index contributed by atoms with van der Waals surface area (Å²) in [6, 6.07) is 0. The number of nitrogens with zero attached hydrogens (tertiary/aromatic N) is 2. The summed E-state index contributed by atoms with van der Waals surface area (Å²) in [5.74, 6) is 1.12. The SMILES string of the molecule is CCN(C)CCC1CCN(C(=O)C(C)(C)C)CC1. The highest BCUT2D eigenvalue weighted by atomic mass is 16.2. The van der Waals surface area contributed by atoms with Crippen LogP contribution in [0.1, 0.15) is 47.0 Å². The molecule has 1 rings (SSSR count). The summed E-state index contributed by atoms with van der Waals surface area (Å²) in [5, 5.41) is 0. The molecular weight excluding hydrogens is 224 g/mol. The Morgan fingerprint density at radius 2 is 1.83 bits per heavy atom. The smallest absolute Gasteiger partial charge is 0.227 e. The molecule has 1 fully saturated rings. The molecule has 0 spiro atoms. The van der Waals surface area contributed by atoms with Crippen LogP contribution >= 0.6 is 0 Å². The van der Waals surface area contributed by atoms with Gasteiger partial charge in [-0.25, -0.2) is 0 Å². The van der Waals surface area contributed by atoms with Crippen LogP contribution in [0.4, 0.5) is 0 Å². The Labute approximate surface area is 113 Å². The van der Waals surface area contributed by atoms with E-state index in [2.05, 4.69) is 23.8 Å². The Kier molecular flexibility index (Phi) is 5.64. The summed E-state index contributed by atoms with van der Waals surface area (Å²) in [6.45, 7) is 12.5. The monoisotopic (exact) mass is 254 g/mol. The molecule has 0 bridgehead atoms. The average molecular weight is 254 g/mol. The Balaban J connectivity index is 2.31. The van der Waals surface area contributed by atoms with Crippen molar-refractivity contribution in [3.63, 3.8) is 0 Å². The van der Waals surface area contributed by atoms with E-state index in [1.165, 1.54) is 25.8 Å². The molecule has 0 aliphatic carbocycles. The van der Waals surface area contributed by atoms with Crippen molar-refractivity contribution in [3.8, 4) is 0 Å². The van der Waals surface area contributed by atoms with Gasteiger partial charge in [0.1, 0.15) is 0 Å². The minimum atomic E-state index is -0.227. The quantitative estimate of drug-likeness (QED) is 0.770. The fraction of sp³-hybridized carbons (Fsp3) is 0.933. The number of carbonyl (C=O) groups excluding carboxylic acids is 1. The highest BCUT2D eigenvalue weighted by Crippen LogP contribution is 2.25. The lowest BCUT2D eigenvalue weighted by Crippen LogP contribution is -2.44. The average Bonchev–Trinajstić information content (AvgIpc) is 2.34. The van der Waals surface area contributed by atoms with E-state index < -0.39 is 0 Å². The third kappa shape index (κ3) is 4.60. The maximum atomic E-state index is 12.2.